The summed E-state index contributed by atoms with van der Waals surface area (Å²) in [6.45, 7) is 5.31. The minimum Gasteiger partial charge on any atom is -0.390 e. The Morgan fingerprint density at radius 3 is 2.51 bits per heavy atom. The number of aliphatic hydroxyl groups excluding tert-OH is 1. The molecule has 3 aromatic rings. The first kappa shape index (κ1) is 30.5. The number of carbonyl (C=O) groups is 2. The van der Waals surface area contributed by atoms with E-state index in [0.29, 0.717) is 47.8 Å². The molecular weight excluding hydrogens is 546 g/mol. The normalized spacial score (nSPS) is 14.8. The van der Waals surface area contributed by atoms with Gasteiger partial charge in [0.25, 0.3) is 5.91 Å². The first-order valence-corrected chi connectivity index (χ1v) is 15.0. The highest BCUT2D eigenvalue weighted by Crippen LogP contribution is 2.23. The van der Waals surface area contributed by atoms with Crippen molar-refractivity contribution in [2.75, 3.05) is 18.8 Å². The number of fused-ring (bicyclic) bond motifs is 1. The van der Waals surface area contributed by atoms with Crippen LogP contribution in [0.15, 0.2) is 70.9 Å². The molecule has 1 heterocycles. The van der Waals surface area contributed by atoms with E-state index in [0.717, 1.165) is 29.9 Å². The highest BCUT2D eigenvalue weighted by molar-refractivity contribution is 7.99. The lowest BCUT2D eigenvalue weighted by atomic mass is 9.96. The van der Waals surface area contributed by atoms with Crippen LogP contribution in [0.3, 0.4) is 0 Å². The molecule has 1 aromatic heterocycles. The second-order valence-electron chi connectivity index (χ2n) is 10.2. The van der Waals surface area contributed by atoms with Gasteiger partial charge in [-0.1, -0.05) is 43.8 Å². The summed E-state index contributed by atoms with van der Waals surface area (Å²) in [6, 6.07) is 9.88. The van der Waals surface area contributed by atoms with Crippen molar-refractivity contribution < 1.29 is 23.5 Å². The number of carbonyl (C=O) groups excluding carboxylic acids is 2. The third kappa shape index (κ3) is 8.27. The van der Waals surface area contributed by atoms with Gasteiger partial charge in [-0.15, -0.1) is 0 Å². The molecule has 2 aromatic carbocycles. The number of aromatic nitrogens is 2. The average molecular weight is 583 g/mol. The van der Waals surface area contributed by atoms with Gasteiger partial charge in [-0.3, -0.25) is 9.59 Å². The van der Waals surface area contributed by atoms with Gasteiger partial charge in [0.2, 0.25) is 5.91 Å². The summed E-state index contributed by atoms with van der Waals surface area (Å²) in [4.78, 5) is 36.0. The predicted molar refractivity (Wildman–Crippen MR) is 157 cm³/mol. The van der Waals surface area contributed by atoms with Crippen LogP contribution >= 0.6 is 11.8 Å². The number of allylic oxidation sites excluding steroid dienone is 1. The largest absolute Gasteiger partial charge is 0.390 e. The number of aromatic amines is 1. The number of hydrogen-bond donors (Lipinski definition) is 3. The molecule has 1 aliphatic carbocycles. The molecule has 7 nitrogen and oxygen atoms in total. The van der Waals surface area contributed by atoms with Crippen molar-refractivity contribution in [2.24, 2.45) is 0 Å². The number of thioether (sulfide) groups is 1. The van der Waals surface area contributed by atoms with Crippen LogP contribution in [-0.2, 0) is 16.0 Å². The summed E-state index contributed by atoms with van der Waals surface area (Å²) in [5, 5.41) is 14.7. The summed E-state index contributed by atoms with van der Waals surface area (Å²) >= 11 is 1.29. The SMILES string of the molecule is CCCN(CCC)C(=O)C1=CCCC(C(=O)N[C@@H](Cc2cc(F)cc(F)c2)[C@H](O)CSc2nc3ccccc3[nH]2)=C1. The maximum absolute atomic E-state index is 13.9. The Labute approximate surface area is 243 Å². The smallest absolute Gasteiger partial charge is 0.253 e. The van der Waals surface area contributed by atoms with Gasteiger partial charge in [0.05, 0.1) is 23.2 Å². The fourth-order valence-electron chi connectivity index (χ4n) is 4.87. The van der Waals surface area contributed by atoms with E-state index in [2.05, 4.69) is 15.3 Å². The van der Waals surface area contributed by atoms with Crippen LogP contribution in [-0.4, -0.2) is 62.8 Å². The maximum atomic E-state index is 13.9. The quantitative estimate of drug-likeness (QED) is 0.237. The van der Waals surface area contributed by atoms with Crippen LogP contribution in [0.1, 0.15) is 45.1 Å². The van der Waals surface area contributed by atoms with E-state index in [1.54, 1.807) is 11.0 Å². The van der Waals surface area contributed by atoms with Gasteiger partial charge in [-0.05, 0) is 68.0 Å². The Hall–Kier alpha value is -3.50. The molecule has 0 aliphatic heterocycles. The number of para-hydroxylation sites is 2. The molecular formula is C31H36F2N4O3S. The van der Waals surface area contributed by atoms with Crippen molar-refractivity contribution >= 4 is 34.6 Å². The van der Waals surface area contributed by atoms with Gasteiger partial charge < -0.3 is 20.3 Å². The number of aliphatic hydroxyl groups is 1. The average Bonchev–Trinajstić information content (AvgIpc) is 3.38. The lowest BCUT2D eigenvalue weighted by Crippen LogP contribution is -2.46. The van der Waals surface area contributed by atoms with Crippen molar-refractivity contribution in [1.82, 2.24) is 20.2 Å². The van der Waals surface area contributed by atoms with E-state index in [1.807, 2.05) is 44.2 Å². The van der Waals surface area contributed by atoms with E-state index in [4.69, 9.17) is 0 Å². The Kier molecular flexibility index (Phi) is 10.7. The Morgan fingerprint density at radius 1 is 1.12 bits per heavy atom. The Balaban J connectivity index is 1.50. The zero-order valence-corrected chi connectivity index (χ0v) is 24.1. The number of H-pyrrole nitrogens is 1. The molecule has 0 unspecified atom stereocenters. The molecule has 2 amide bonds. The lowest BCUT2D eigenvalue weighted by Gasteiger charge is -2.26. The Bertz CT molecular complexity index is 1380. The van der Waals surface area contributed by atoms with E-state index in [9.17, 15) is 23.5 Å². The van der Waals surface area contributed by atoms with E-state index in [-0.39, 0.29) is 18.1 Å². The van der Waals surface area contributed by atoms with Crippen molar-refractivity contribution in [3.63, 3.8) is 0 Å². The fourth-order valence-corrected chi connectivity index (χ4v) is 5.78. The van der Waals surface area contributed by atoms with Crippen molar-refractivity contribution in [3.8, 4) is 0 Å². The number of hydrogen-bond acceptors (Lipinski definition) is 5. The van der Waals surface area contributed by atoms with Crippen molar-refractivity contribution in [2.45, 2.75) is 63.3 Å². The van der Waals surface area contributed by atoms with Gasteiger partial charge >= 0.3 is 0 Å². The highest BCUT2D eigenvalue weighted by Gasteiger charge is 2.26. The fraction of sp³-hybridized carbons (Fsp3) is 0.387. The van der Waals surface area contributed by atoms with Gasteiger partial charge in [-0.2, -0.15) is 0 Å². The monoisotopic (exact) mass is 582 g/mol. The molecule has 0 saturated heterocycles. The number of rotatable bonds is 13. The number of nitrogens with one attached hydrogen (secondary N) is 2. The van der Waals surface area contributed by atoms with Crippen LogP contribution in [0.5, 0.6) is 0 Å². The number of halogens is 2. The minimum atomic E-state index is -1.06. The molecule has 3 N–H and O–H groups in total. The number of imidazole rings is 1. The van der Waals surface area contributed by atoms with Crippen LogP contribution in [0.2, 0.25) is 0 Å². The summed E-state index contributed by atoms with van der Waals surface area (Å²) in [5.74, 6) is -1.82. The zero-order chi connectivity index (χ0) is 29.4. The third-order valence-corrected chi connectivity index (χ3v) is 7.81. The molecule has 0 radical (unpaired) electrons. The second-order valence-corrected chi connectivity index (χ2v) is 11.2. The third-order valence-electron chi connectivity index (χ3n) is 6.84. The topological polar surface area (TPSA) is 98.3 Å². The molecule has 0 fully saturated rings. The zero-order valence-electron chi connectivity index (χ0n) is 23.3. The second kappa shape index (κ2) is 14.4. The molecule has 4 rings (SSSR count). The van der Waals surface area contributed by atoms with Crippen LogP contribution in [0.4, 0.5) is 8.78 Å². The van der Waals surface area contributed by atoms with E-state index in [1.165, 1.54) is 23.9 Å². The molecule has 1 aliphatic rings. The summed E-state index contributed by atoms with van der Waals surface area (Å²) in [6.07, 6.45) is 5.07. The molecule has 0 spiro atoms. The molecule has 0 saturated carbocycles. The molecule has 0 bridgehead atoms. The summed E-state index contributed by atoms with van der Waals surface area (Å²) in [7, 11) is 0. The van der Waals surface area contributed by atoms with Crippen LogP contribution < -0.4 is 5.32 Å². The minimum absolute atomic E-state index is 0.0119. The maximum Gasteiger partial charge on any atom is 0.253 e. The Morgan fingerprint density at radius 2 is 1.83 bits per heavy atom. The molecule has 218 valence electrons. The molecule has 2 atom stereocenters. The summed E-state index contributed by atoms with van der Waals surface area (Å²) < 4.78 is 27.9. The first-order valence-electron chi connectivity index (χ1n) is 14.0. The number of nitrogens with zero attached hydrogens (tertiary/aromatic N) is 2. The van der Waals surface area contributed by atoms with Gasteiger partial charge in [0.1, 0.15) is 11.6 Å². The van der Waals surface area contributed by atoms with Gasteiger partial charge in [0.15, 0.2) is 5.16 Å². The van der Waals surface area contributed by atoms with E-state index < -0.39 is 29.7 Å². The van der Waals surface area contributed by atoms with Crippen LogP contribution in [0.25, 0.3) is 11.0 Å². The lowest BCUT2D eigenvalue weighted by molar-refractivity contribution is -0.126. The van der Waals surface area contributed by atoms with Crippen molar-refractivity contribution in [1.29, 1.82) is 0 Å². The van der Waals surface area contributed by atoms with Crippen LogP contribution in [0, 0.1) is 11.6 Å². The molecule has 10 heteroatoms. The molecule has 41 heavy (non-hydrogen) atoms. The van der Waals surface area contributed by atoms with E-state index >= 15 is 0 Å². The van der Waals surface area contributed by atoms with Gasteiger partial charge in [0, 0.05) is 36.1 Å². The number of amides is 2. The summed E-state index contributed by atoms with van der Waals surface area (Å²) in [5.41, 5.74) is 2.88. The van der Waals surface area contributed by atoms with Crippen molar-refractivity contribution in [3.05, 3.63) is 83.0 Å². The predicted octanol–water partition coefficient (Wildman–Crippen LogP) is 5.32. The van der Waals surface area contributed by atoms with Gasteiger partial charge in [-0.25, -0.2) is 13.8 Å². The highest BCUT2D eigenvalue weighted by atomic mass is 32.2. The number of benzene rings is 2. The standard InChI is InChI=1S/C31H36F2N4O3S/c1-3-12-37(13-4-2)30(40)22-9-7-8-21(17-22)29(39)34-27(16-20-14-23(32)18-24(33)15-20)28(38)19-41-31-35-25-10-5-6-11-26(25)36-31/h5-6,9-11,14-15,17-18,27-28,38H,3-4,7-8,12-13,16,19H2,1-2H3,(H,34,39)(H,35,36)/t27-,28+/m0/s1. The first-order chi connectivity index (χ1) is 19.8.